The molecular weight excluding hydrogens is 240 g/mol. The summed E-state index contributed by atoms with van der Waals surface area (Å²) in [5, 5.41) is 2.91. The minimum atomic E-state index is -0.167. The Morgan fingerprint density at radius 3 is 2.84 bits per heavy atom. The lowest BCUT2D eigenvalue weighted by molar-refractivity contribution is -0.120. The van der Waals surface area contributed by atoms with E-state index in [1.54, 1.807) is 6.33 Å². The predicted octanol–water partition coefficient (Wildman–Crippen LogP) is 1.74. The van der Waals surface area contributed by atoms with Crippen LogP contribution in [0, 0.1) is 11.8 Å². The van der Waals surface area contributed by atoms with E-state index in [4.69, 9.17) is 5.73 Å². The molecule has 1 aromatic carbocycles. The summed E-state index contributed by atoms with van der Waals surface area (Å²) in [6, 6.07) is 5.71. The van der Waals surface area contributed by atoms with Crippen LogP contribution in [0.25, 0.3) is 11.0 Å². The number of amides is 1. The number of aryl methyl sites for hydroxylation is 1. The zero-order chi connectivity index (χ0) is 14.0. The highest BCUT2D eigenvalue weighted by Gasteiger charge is 2.20. The van der Waals surface area contributed by atoms with E-state index in [1.807, 2.05) is 43.7 Å². The molecule has 3 N–H and O–H groups in total. The van der Waals surface area contributed by atoms with Crippen LogP contribution in [0.5, 0.6) is 0 Å². The lowest BCUT2D eigenvalue weighted by atomic mass is 9.95. The third-order valence-electron chi connectivity index (χ3n) is 3.39. The zero-order valence-corrected chi connectivity index (χ0v) is 11.6. The summed E-state index contributed by atoms with van der Waals surface area (Å²) in [5.74, 6) is 0.0239. The molecule has 5 nitrogen and oxygen atoms in total. The van der Waals surface area contributed by atoms with Crippen LogP contribution in [0.2, 0.25) is 0 Å². The van der Waals surface area contributed by atoms with E-state index in [0.717, 1.165) is 16.7 Å². The van der Waals surface area contributed by atoms with Crippen molar-refractivity contribution in [3.63, 3.8) is 0 Å². The molecule has 0 aliphatic carbocycles. The number of rotatable bonds is 4. The van der Waals surface area contributed by atoms with Gasteiger partial charge in [0.1, 0.15) is 0 Å². The van der Waals surface area contributed by atoms with E-state index in [2.05, 4.69) is 10.3 Å². The van der Waals surface area contributed by atoms with Crippen LogP contribution < -0.4 is 11.1 Å². The van der Waals surface area contributed by atoms with Gasteiger partial charge in [0.2, 0.25) is 5.91 Å². The topological polar surface area (TPSA) is 72.9 Å². The monoisotopic (exact) mass is 260 g/mol. The van der Waals surface area contributed by atoms with Gasteiger partial charge in [0.25, 0.3) is 0 Å². The Kier molecular flexibility index (Phi) is 3.85. The zero-order valence-electron chi connectivity index (χ0n) is 11.6. The summed E-state index contributed by atoms with van der Waals surface area (Å²) in [4.78, 5) is 16.4. The van der Waals surface area contributed by atoms with Gasteiger partial charge in [-0.05, 0) is 24.1 Å². The van der Waals surface area contributed by atoms with E-state index >= 15 is 0 Å². The fourth-order valence-electron chi connectivity index (χ4n) is 2.13. The van der Waals surface area contributed by atoms with E-state index in [9.17, 15) is 4.79 Å². The van der Waals surface area contributed by atoms with Gasteiger partial charge in [-0.1, -0.05) is 13.8 Å². The van der Waals surface area contributed by atoms with Crippen LogP contribution >= 0.6 is 0 Å². The molecule has 1 aromatic heterocycles. The van der Waals surface area contributed by atoms with E-state index < -0.39 is 0 Å². The Labute approximate surface area is 112 Å². The van der Waals surface area contributed by atoms with Gasteiger partial charge < -0.3 is 15.6 Å². The number of aromatic nitrogens is 2. The van der Waals surface area contributed by atoms with E-state index in [1.165, 1.54) is 0 Å². The first-order valence-electron chi connectivity index (χ1n) is 6.45. The van der Waals surface area contributed by atoms with Crippen LogP contribution in [-0.2, 0) is 11.8 Å². The van der Waals surface area contributed by atoms with Crippen molar-refractivity contribution in [2.75, 3.05) is 11.9 Å². The number of anilines is 1. The Hall–Kier alpha value is -1.88. The molecule has 0 saturated heterocycles. The van der Waals surface area contributed by atoms with Crippen molar-refractivity contribution in [3.05, 3.63) is 24.5 Å². The summed E-state index contributed by atoms with van der Waals surface area (Å²) in [6.45, 7) is 4.35. The second kappa shape index (κ2) is 5.40. The number of benzene rings is 1. The maximum atomic E-state index is 12.1. The molecule has 5 heteroatoms. The van der Waals surface area contributed by atoms with Gasteiger partial charge >= 0.3 is 0 Å². The summed E-state index contributed by atoms with van der Waals surface area (Å²) in [6.07, 6.45) is 1.76. The molecule has 0 radical (unpaired) electrons. The Balaban J connectivity index is 2.19. The minimum Gasteiger partial charge on any atom is -0.334 e. The number of nitrogens with zero attached hydrogens (tertiary/aromatic N) is 2. The number of nitrogens with one attached hydrogen (secondary N) is 1. The largest absolute Gasteiger partial charge is 0.334 e. The quantitative estimate of drug-likeness (QED) is 0.879. The molecular formula is C14H20N4O. The molecule has 0 aliphatic heterocycles. The summed E-state index contributed by atoms with van der Waals surface area (Å²) in [5.41, 5.74) is 8.31. The first-order valence-corrected chi connectivity index (χ1v) is 6.45. The van der Waals surface area contributed by atoms with Crippen molar-refractivity contribution < 1.29 is 4.79 Å². The number of imidazole rings is 1. The van der Waals surface area contributed by atoms with Gasteiger partial charge in [-0.2, -0.15) is 0 Å². The average molecular weight is 260 g/mol. The Bertz CT molecular complexity index is 588. The van der Waals surface area contributed by atoms with Gasteiger partial charge in [0.15, 0.2) is 0 Å². The highest BCUT2D eigenvalue weighted by molar-refractivity contribution is 5.94. The molecule has 1 unspecified atom stereocenters. The van der Waals surface area contributed by atoms with Crippen molar-refractivity contribution in [3.8, 4) is 0 Å². The smallest absolute Gasteiger partial charge is 0.229 e. The van der Waals surface area contributed by atoms with Gasteiger partial charge in [0.05, 0.1) is 23.3 Å². The third-order valence-corrected chi connectivity index (χ3v) is 3.39. The molecule has 0 spiro atoms. The molecule has 1 amide bonds. The van der Waals surface area contributed by atoms with Crippen LogP contribution in [0.1, 0.15) is 13.8 Å². The molecule has 1 atom stereocenters. The van der Waals surface area contributed by atoms with Gasteiger partial charge in [0, 0.05) is 19.3 Å². The molecule has 0 bridgehead atoms. The van der Waals surface area contributed by atoms with Gasteiger partial charge in [-0.15, -0.1) is 0 Å². The van der Waals surface area contributed by atoms with Crippen LogP contribution in [0.3, 0.4) is 0 Å². The molecule has 1 heterocycles. The van der Waals surface area contributed by atoms with Crippen molar-refractivity contribution >= 4 is 22.6 Å². The lowest BCUT2D eigenvalue weighted by Gasteiger charge is -2.18. The number of nitrogens with two attached hydrogens (primary N) is 1. The van der Waals surface area contributed by atoms with Crippen molar-refractivity contribution in [1.29, 1.82) is 0 Å². The average Bonchev–Trinajstić information content (AvgIpc) is 2.71. The maximum absolute atomic E-state index is 12.1. The van der Waals surface area contributed by atoms with Crippen LogP contribution in [0.15, 0.2) is 24.5 Å². The first-order chi connectivity index (χ1) is 9.02. The van der Waals surface area contributed by atoms with Crippen molar-refractivity contribution in [2.24, 2.45) is 24.6 Å². The number of carbonyl (C=O) groups excluding carboxylic acids is 1. The van der Waals surface area contributed by atoms with Crippen LogP contribution in [0.4, 0.5) is 5.69 Å². The normalized spacial score (nSPS) is 12.9. The van der Waals surface area contributed by atoms with Crippen molar-refractivity contribution in [2.45, 2.75) is 13.8 Å². The number of hydrogen-bond donors (Lipinski definition) is 2. The second-order valence-electron chi connectivity index (χ2n) is 5.13. The highest BCUT2D eigenvalue weighted by atomic mass is 16.1. The van der Waals surface area contributed by atoms with E-state index in [-0.39, 0.29) is 17.7 Å². The number of fused-ring (bicyclic) bond motifs is 1. The summed E-state index contributed by atoms with van der Waals surface area (Å²) < 4.78 is 1.94. The molecule has 2 rings (SSSR count). The molecule has 102 valence electrons. The van der Waals surface area contributed by atoms with Gasteiger partial charge in [-0.25, -0.2) is 4.98 Å². The maximum Gasteiger partial charge on any atom is 0.229 e. The fourth-order valence-corrected chi connectivity index (χ4v) is 2.13. The van der Waals surface area contributed by atoms with Crippen molar-refractivity contribution in [1.82, 2.24) is 9.55 Å². The molecule has 0 aliphatic rings. The lowest BCUT2D eigenvalue weighted by Crippen LogP contribution is -2.33. The van der Waals surface area contributed by atoms with Gasteiger partial charge in [-0.3, -0.25) is 4.79 Å². The summed E-state index contributed by atoms with van der Waals surface area (Å²) >= 11 is 0. The molecule has 0 fully saturated rings. The molecule has 19 heavy (non-hydrogen) atoms. The third kappa shape index (κ3) is 2.76. The Morgan fingerprint density at radius 2 is 2.21 bits per heavy atom. The number of carbonyl (C=O) groups is 1. The highest BCUT2D eigenvalue weighted by Crippen LogP contribution is 2.19. The SMILES string of the molecule is CC(C)C(CN)C(=O)Nc1ccc2c(c1)ncn2C. The number of hydrogen-bond acceptors (Lipinski definition) is 3. The van der Waals surface area contributed by atoms with E-state index in [0.29, 0.717) is 6.54 Å². The minimum absolute atomic E-state index is 0.0345. The first kappa shape index (κ1) is 13.5. The summed E-state index contributed by atoms with van der Waals surface area (Å²) in [7, 11) is 1.94. The van der Waals surface area contributed by atoms with Crippen LogP contribution in [-0.4, -0.2) is 22.0 Å². The predicted molar refractivity (Wildman–Crippen MR) is 76.7 cm³/mol. The fraction of sp³-hybridized carbons (Fsp3) is 0.429. The standard InChI is InChI=1S/C14H20N4O/c1-9(2)11(7-15)14(19)17-10-4-5-13-12(6-10)16-8-18(13)3/h4-6,8-9,11H,7,15H2,1-3H3,(H,17,19). The molecule has 2 aromatic rings. The second-order valence-corrected chi connectivity index (χ2v) is 5.13. The molecule has 0 saturated carbocycles. The Morgan fingerprint density at radius 1 is 1.47 bits per heavy atom.